The molecule has 0 aromatic rings. The second-order valence-corrected chi connectivity index (χ2v) is 12.8. The maximum absolute atomic E-state index is 13.6. The third-order valence-corrected chi connectivity index (χ3v) is 7.63. The summed E-state index contributed by atoms with van der Waals surface area (Å²) in [6.07, 6.45) is -2.98. The molecule has 0 aliphatic heterocycles. The van der Waals surface area contributed by atoms with E-state index in [0.717, 1.165) is 0 Å². The standard InChI is InChI=1S/C31H55N9O12/c1-15(2)14-21(29(49)39-20(31(51)52)9-12-24(44)45)40-28(48)19(8-11-23(34)43)37-27(47)18(7-10-22(33)42)36-26(46)17(6-4-5-13-32)38-30(50)25(35)16(3)41/h15-21,25,41H,4-14,32,35H2,1-3H3,(H2,33,42)(H2,34,43)(H,36,46)(H,37,47)(H,38,50)(H,39,49)(H,40,48)(H,44,45)(H,51,52). The van der Waals surface area contributed by atoms with Crippen LogP contribution in [0.5, 0.6) is 0 Å². The van der Waals surface area contributed by atoms with E-state index in [1.54, 1.807) is 13.8 Å². The number of unbranched alkanes of at least 4 members (excludes halogenated alkanes) is 1. The van der Waals surface area contributed by atoms with Gasteiger partial charge in [0.15, 0.2) is 0 Å². The third kappa shape index (κ3) is 19.5. The van der Waals surface area contributed by atoms with Crippen LogP contribution in [0.25, 0.3) is 0 Å². The zero-order valence-corrected chi connectivity index (χ0v) is 29.7. The number of hydrogen-bond acceptors (Lipinski definition) is 12. The fourth-order valence-corrected chi connectivity index (χ4v) is 4.68. The van der Waals surface area contributed by atoms with E-state index in [1.807, 2.05) is 0 Å². The van der Waals surface area contributed by atoms with Crippen LogP contribution in [0.1, 0.15) is 85.0 Å². The highest BCUT2D eigenvalue weighted by Gasteiger charge is 2.33. The molecule has 0 fully saturated rings. The molecule has 7 unspecified atom stereocenters. The number of aliphatic hydroxyl groups is 1. The molecule has 0 bridgehead atoms. The van der Waals surface area contributed by atoms with Crippen LogP contribution in [-0.4, -0.2) is 118 Å². The van der Waals surface area contributed by atoms with Crippen LogP contribution >= 0.6 is 0 Å². The number of aliphatic carboxylic acids is 2. The first-order chi connectivity index (χ1) is 24.2. The molecular formula is C31H55N9O12. The number of rotatable bonds is 27. The van der Waals surface area contributed by atoms with E-state index in [9.17, 15) is 53.4 Å². The Kier molecular flexibility index (Phi) is 22.0. The smallest absolute Gasteiger partial charge is 0.326 e. The lowest BCUT2D eigenvalue weighted by Crippen LogP contribution is -2.60. The van der Waals surface area contributed by atoms with Crippen molar-refractivity contribution in [3.05, 3.63) is 0 Å². The quantitative estimate of drug-likeness (QED) is 0.0355. The predicted octanol–water partition coefficient (Wildman–Crippen LogP) is -4.23. The number of nitrogens with one attached hydrogen (secondary N) is 5. The predicted molar refractivity (Wildman–Crippen MR) is 183 cm³/mol. The van der Waals surface area contributed by atoms with Crippen molar-refractivity contribution in [1.82, 2.24) is 26.6 Å². The van der Waals surface area contributed by atoms with Gasteiger partial charge in [-0.2, -0.15) is 0 Å². The third-order valence-electron chi connectivity index (χ3n) is 7.63. The second-order valence-electron chi connectivity index (χ2n) is 12.8. The van der Waals surface area contributed by atoms with Crippen LogP contribution in [0.3, 0.4) is 0 Å². The summed E-state index contributed by atoms with van der Waals surface area (Å²) in [5, 5.41) is 40.0. The van der Waals surface area contributed by atoms with Crippen molar-refractivity contribution in [1.29, 1.82) is 0 Å². The number of aliphatic hydroxyl groups excluding tert-OH is 1. The van der Waals surface area contributed by atoms with Crippen LogP contribution in [0, 0.1) is 5.92 Å². The minimum absolute atomic E-state index is 0.0212. The van der Waals surface area contributed by atoms with Crippen molar-refractivity contribution in [2.45, 2.75) is 127 Å². The highest BCUT2D eigenvalue weighted by Crippen LogP contribution is 2.10. The average Bonchev–Trinajstić information content (AvgIpc) is 3.04. The summed E-state index contributed by atoms with van der Waals surface area (Å²) in [6.45, 7) is 4.95. The SMILES string of the molecule is CC(C)CC(NC(=O)C(CCC(N)=O)NC(=O)C(CCC(N)=O)NC(=O)C(CCCCN)NC(=O)C(N)C(C)O)C(=O)NC(CCC(=O)O)C(=O)O. The Bertz CT molecular complexity index is 1260. The minimum Gasteiger partial charge on any atom is -0.481 e. The van der Waals surface area contributed by atoms with Gasteiger partial charge in [-0.15, -0.1) is 0 Å². The minimum atomic E-state index is -1.60. The van der Waals surface area contributed by atoms with Gasteiger partial charge in [-0.3, -0.25) is 38.4 Å². The maximum Gasteiger partial charge on any atom is 0.326 e. The van der Waals surface area contributed by atoms with Crippen molar-refractivity contribution in [3.8, 4) is 0 Å². The Hall–Kier alpha value is -4.89. The summed E-state index contributed by atoms with van der Waals surface area (Å²) < 4.78 is 0. The number of carbonyl (C=O) groups excluding carboxylic acids is 7. The van der Waals surface area contributed by atoms with E-state index in [1.165, 1.54) is 6.92 Å². The van der Waals surface area contributed by atoms with Gasteiger partial charge in [0.05, 0.1) is 6.10 Å². The first-order valence-corrected chi connectivity index (χ1v) is 16.9. The Labute approximate surface area is 301 Å². The molecule has 0 spiro atoms. The van der Waals surface area contributed by atoms with Crippen molar-refractivity contribution in [2.75, 3.05) is 6.54 Å². The van der Waals surface area contributed by atoms with Crippen molar-refractivity contribution in [3.63, 3.8) is 0 Å². The molecule has 21 heteroatoms. The molecule has 16 N–H and O–H groups in total. The van der Waals surface area contributed by atoms with E-state index < -0.39 is 121 Å². The van der Waals surface area contributed by atoms with Gasteiger partial charge in [0, 0.05) is 19.3 Å². The summed E-state index contributed by atoms with van der Waals surface area (Å²) in [7, 11) is 0. The monoisotopic (exact) mass is 745 g/mol. The number of amides is 7. The first-order valence-electron chi connectivity index (χ1n) is 16.9. The zero-order chi connectivity index (χ0) is 40.1. The molecule has 0 rings (SSSR count). The average molecular weight is 746 g/mol. The van der Waals surface area contributed by atoms with E-state index in [4.69, 9.17) is 28.0 Å². The highest BCUT2D eigenvalue weighted by atomic mass is 16.4. The number of hydrogen-bond donors (Lipinski definition) is 12. The van der Waals surface area contributed by atoms with Gasteiger partial charge >= 0.3 is 11.9 Å². The normalized spacial score (nSPS) is 15.1. The summed E-state index contributed by atoms with van der Waals surface area (Å²) in [5.74, 6) is -9.43. The molecular weight excluding hydrogens is 690 g/mol. The Morgan fingerprint density at radius 2 is 0.942 bits per heavy atom. The molecule has 7 atom stereocenters. The molecule has 296 valence electrons. The van der Waals surface area contributed by atoms with Crippen molar-refractivity contribution >= 4 is 53.3 Å². The number of carboxylic acids is 2. The van der Waals surface area contributed by atoms with Gasteiger partial charge in [0.25, 0.3) is 0 Å². The lowest BCUT2D eigenvalue weighted by Gasteiger charge is -2.27. The van der Waals surface area contributed by atoms with E-state index in [-0.39, 0.29) is 38.1 Å². The van der Waals surface area contributed by atoms with Gasteiger partial charge in [0.1, 0.15) is 36.3 Å². The molecule has 0 heterocycles. The maximum atomic E-state index is 13.6. The topological polar surface area (TPSA) is 379 Å². The molecule has 0 saturated carbocycles. The van der Waals surface area contributed by atoms with Crippen molar-refractivity contribution < 1.29 is 58.5 Å². The van der Waals surface area contributed by atoms with Crippen LogP contribution in [0.15, 0.2) is 0 Å². The molecule has 7 amide bonds. The lowest BCUT2D eigenvalue weighted by atomic mass is 10.0. The number of primary amides is 2. The van der Waals surface area contributed by atoms with Gasteiger partial charge in [0.2, 0.25) is 41.4 Å². The Morgan fingerprint density at radius 3 is 1.33 bits per heavy atom. The van der Waals surface area contributed by atoms with Gasteiger partial charge in [-0.05, 0) is 64.3 Å². The highest BCUT2D eigenvalue weighted by molar-refractivity contribution is 5.96. The summed E-state index contributed by atoms with van der Waals surface area (Å²) in [6, 6.07) is -8.69. The molecule has 0 aliphatic carbocycles. The van der Waals surface area contributed by atoms with E-state index >= 15 is 0 Å². The Morgan fingerprint density at radius 1 is 0.558 bits per heavy atom. The molecule has 21 nitrogen and oxygen atoms in total. The molecule has 0 aromatic carbocycles. The Balaban J connectivity index is 6.31. The van der Waals surface area contributed by atoms with Gasteiger partial charge < -0.3 is 64.8 Å². The second kappa shape index (κ2) is 24.3. The van der Waals surface area contributed by atoms with Crippen molar-refractivity contribution in [2.24, 2.45) is 28.9 Å². The molecule has 0 radical (unpaired) electrons. The van der Waals surface area contributed by atoms with Crippen LogP contribution in [0.2, 0.25) is 0 Å². The fourth-order valence-electron chi connectivity index (χ4n) is 4.68. The van der Waals surface area contributed by atoms with Gasteiger partial charge in [-0.25, -0.2) is 4.79 Å². The summed E-state index contributed by atoms with van der Waals surface area (Å²) in [5.41, 5.74) is 21.8. The van der Waals surface area contributed by atoms with Crippen LogP contribution in [-0.2, 0) is 43.2 Å². The van der Waals surface area contributed by atoms with E-state index in [2.05, 4.69) is 26.6 Å². The fraction of sp³-hybridized carbons (Fsp3) is 0.710. The molecule has 0 aliphatic rings. The lowest BCUT2D eigenvalue weighted by molar-refractivity contribution is -0.143. The van der Waals surface area contributed by atoms with E-state index in [0.29, 0.717) is 12.8 Å². The summed E-state index contributed by atoms with van der Waals surface area (Å²) >= 11 is 0. The molecule has 52 heavy (non-hydrogen) atoms. The zero-order valence-electron chi connectivity index (χ0n) is 29.7. The molecule has 0 saturated heterocycles. The van der Waals surface area contributed by atoms with Crippen LogP contribution < -0.4 is 49.5 Å². The first kappa shape index (κ1) is 47.1. The number of carboxylic acid groups (broad SMARTS) is 2. The number of carbonyl (C=O) groups is 9. The molecule has 0 aromatic heterocycles. The van der Waals surface area contributed by atoms with Gasteiger partial charge in [-0.1, -0.05) is 13.8 Å². The largest absolute Gasteiger partial charge is 0.481 e. The summed E-state index contributed by atoms with van der Waals surface area (Å²) in [4.78, 5) is 112. The number of nitrogens with two attached hydrogens (primary N) is 4. The van der Waals surface area contributed by atoms with Crippen LogP contribution in [0.4, 0.5) is 0 Å².